The maximum Gasteiger partial charge on any atom is 0.417 e. The van der Waals surface area contributed by atoms with E-state index in [-0.39, 0.29) is 17.0 Å². The van der Waals surface area contributed by atoms with Gasteiger partial charge < -0.3 is 0 Å². The molecule has 0 radical (unpaired) electrons. The van der Waals surface area contributed by atoms with Gasteiger partial charge in [-0.15, -0.1) is 0 Å². The van der Waals surface area contributed by atoms with E-state index in [1.54, 1.807) is 6.92 Å². The number of carbonyl (C=O) groups is 1. The molecule has 1 aliphatic heterocycles. The second kappa shape index (κ2) is 3.84. The minimum atomic E-state index is -4.55. The maximum absolute atomic E-state index is 12.6. The number of carbonyl (C=O) groups excluding carboxylic acids is 1. The van der Waals surface area contributed by atoms with Gasteiger partial charge in [0.25, 0.3) is 0 Å². The predicted molar refractivity (Wildman–Crippen MR) is 58.1 cm³/mol. The first kappa shape index (κ1) is 12.1. The molecule has 1 atom stereocenters. The van der Waals surface area contributed by atoms with E-state index in [9.17, 15) is 18.0 Å². The van der Waals surface area contributed by atoms with Crippen LogP contribution < -0.4 is 0 Å². The van der Waals surface area contributed by atoms with Crippen LogP contribution in [0.2, 0.25) is 5.02 Å². The molecule has 0 saturated heterocycles. The molecule has 1 aromatic rings. The van der Waals surface area contributed by atoms with Gasteiger partial charge in [0.05, 0.1) is 22.2 Å². The first-order valence-corrected chi connectivity index (χ1v) is 5.18. The predicted octanol–water partition coefficient (Wildman–Crippen LogP) is 3.89. The highest BCUT2D eigenvalue weighted by atomic mass is 35.5. The quantitative estimate of drug-likeness (QED) is 0.696. The normalized spacial score (nSPS) is 19.4. The van der Waals surface area contributed by atoms with E-state index in [1.165, 1.54) is 6.21 Å². The van der Waals surface area contributed by atoms with Gasteiger partial charge >= 0.3 is 6.18 Å². The van der Waals surface area contributed by atoms with Crippen molar-refractivity contribution in [3.05, 3.63) is 28.3 Å². The summed E-state index contributed by atoms with van der Waals surface area (Å²) in [6, 6.07) is 1.94. The number of aliphatic imine (C=N–C) groups is 1. The molecule has 17 heavy (non-hydrogen) atoms. The minimum Gasteiger partial charge on any atom is -0.293 e. The number of nitrogens with zero attached hydrogens (tertiary/aromatic N) is 1. The van der Waals surface area contributed by atoms with Crippen molar-refractivity contribution in [2.45, 2.75) is 13.1 Å². The molecule has 1 aromatic carbocycles. The highest BCUT2D eigenvalue weighted by Gasteiger charge is 2.36. The van der Waals surface area contributed by atoms with E-state index in [2.05, 4.69) is 4.99 Å². The van der Waals surface area contributed by atoms with Crippen LogP contribution in [-0.2, 0) is 6.18 Å². The van der Waals surface area contributed by atoms with Crippen LogP contribution in [0.15, 0.2) is 17.1 Å². The largest absolute Gasteiger partial charge is 0.417 e. The van der Waals surface area contributed by atoms with Gasteiger partial charge in [0.2, 0.25) is 0 Å². The number of Topliss-reactive ketones (excluding diaryl/α,β-unsaturated/α-hetero) is 1. The molecule has 0 bridgehead atoms. The summed E-state index contributed by atoms with van der Waals surface area (Å²) < 4.78 is 37.7. The van der Waals surface area contributed by atoms with Crippen molar-refractivity contribution in [3.63, 3.8) is 0 Å². The number of rotatable bonds is 0. The first-order chi connectivity index (χ1) is 7.82. The highest BCUT2D eigenvalue weighted by Crippen LogP contribution is 2.42. The molecule has 1 aliphatic rings. The van der Waals surface area contributed by atoms with Gasteiger partial charge in [-0.1, -0.05) is 18.5 Å². The number of alkyl halides is 3. The smallest absolute Gasteiger partial charge is 0.293 e. The van der Waals surface area contributed by atoms with Crippen molar-refractivity contribution in [1.29, 1.82) is 0 Å². The molecular weight excluding hydrogens is 255 g/mol. The highest BCUT2D eigenvalue weighted by molar-refractivity contribution is 6.35. The Hall–Kier alpha value is -1.36. The van der Waals surface area contributed by atoms with Gasteiger partial charge in [0, 0.05) is 11.8 Å². The third kappa shape index (κ3) is 1.95. The van der Waals surface area contributed by atoms with E-state index in [4.69, 9.17) is 11.6 Å². The minimum absolute atomic E-state index is 0.0930. The Morgan fingerprint density at radius 3 is 2.59 bits per heavy atom. The fourth-order valence-electron chi connectivity index (χ4n) is 1.61. The molecular formula is C11H7ClF3NO. The third-order valence-electron chi connectivity index (χ3n) is 2.53. The van der Waals surface area contributed by atoms with E-state index in [0.29, 0.717) is 0 Å². The molecule has 0 N–H and O–H groups in total. The van der Waals surface area contributed by atoms with Crippen LogP contribution in [0, 0.1) is 5.92 Å². The zero-order chi connectivity index (χ0) is 12.8. The van der Waals surface area contributed by atoms with Crippen LogP contribution in [0.3, 0.4) is 0 Å². The van der Waals surface area contributed by atoms with E-state index >= 15 is 0 Å². The molecule has 0 saturated carbocycles. The Morgan fingerprint density at radius 1 is 1.35 bits per heavy atom. The number of halogens is 4. The van der Waals surface area contributed by atoms with Gasteiger partial charge in [-0.2, -0.15) is 13.2 Å². The fourth-order valence-corrected chi connectivity index (χ4v) is 1.93. The molecule has 0 aromatic heterocycles. The van der Waals surface area contributed by atoms with Crippen LogP contribution in [0.1, 0.15) is 22.8 Å². The van der Waals surface area contributed by atoms with Crippen LogP contribution >= 0.6 is 11.6 Å². The van der Waals surface area contributed by atoms with Crippen LogP contribution in [-0.4, -0.2) is 12.0 Å². The Kier molecular flexibility index (Phi) is 2.73. The summed E-state index contributed by atoms with van der Waals surface area (Å²) in [5, 5.41) is -0.522. The number of benzene rings is 1. The summed E-state index contributed by atoms with van der Waals surface area (Å²) in [6.07, 6.45) is -3.25. The lowest BCUT2D eigenvalue weighted by Gasteiger charge is -2.17. The Bertz CT molecular complexity index is 522. The van der Waals surface area contributed by atoms with Crippen molar-refractivity contribution in [2.24, 2.45) is 10.9 Å². The number of hydrogen-bond acceptors (Lipinski definition) is 2. The van der Waals surface area contributed by atoms with E-state index in [0.717, 1.165) is 12.1 Å². The molecule has 2 nitrogen and oxygen atoms in total. The number of hydrogen-bond donors (Lipinski definition) is 0. The molecule has 90 valence electrons. The maximum atomic E-state index is 12.6. The zero-order valence-corrected chi connectivity index (χ0v) is 9.43. The van der Waals surface area contributed by atoms with Gasteiger partial charge in [-0.25, -0.2) is 0 Å². The second-order valence-corrected chi connectivity index (χ2v) is 4.13. The summed E-state index contributed by atoms with van der Waals surface area (Å²) >= 11 is 5.64. The average Bonchev–Trinajstić information content (AvgIpc) is 2.22. The van der Waals surface area contributed by atoms with Gasteiger partial charge in [0.15, 0.2) is 5.78 Å². The van der Waals surface area contributed by atoms with Crippen molar-refractivity contribution in [3.8, 4) is 0 Å². The first-order valence-electron chi connectivity index (χ1n) is 4.80. The molecule has 2 rings (SSSR count). The van der Waals surface area contributed by atoms with Crippen molar-refractivity contribution >= 4 is 29.3 Å². The van der Waals surface area contributed by atoms with Crippen molar-refractivity contribution in [1.82, 2.24) is 0 Å². The van der Waals surface area contributed by atoms with Crippen molar-refractivity contribution < 1.29 is 18.0 Å². The topological polar surface area (TPSA) is 29.4 Å². The molecule has 6 heteroatoms. The van der Waals surface area contributed by atoms with E-state index < -0.39 is 22.7 Å². The van der Waals surface area contributed by atoms with Crippen molar-refractivity contribution in [2.75, 3.05) is 0 Å². The number of fused-ring (bicyclic) bond motifs is 1. The standard InChI is InChI=1S/C11H7ClF3NO/c1-5-4-16-9-6(10(5)17)2-3-7(8(9)12)11(13,14)15/h2-5H,1H3. The molecule has 0 amide bonds. The summed E-state index contributed by atoms with van der Waals surface area (Å²) in [4.78, 5) is 15.5. The fraction of sp³-hybridized carbons (Fsp3) is 0.273. The zero-order valence-electron chi connectivity index (χ0n) is 8.68. The SMILES string of the molecule is CC1C=Nc2c(ccc(C(F)(F)F)c2Cl)C1=O. The average molecular weight is 262 g/mol. The lowest BCUT2D eigenvalue weighted by Crippen LogP contribution is -2.17. The molecule has 0 aliphatic carbocycles. The van der Waals surface area contributed by atoms with Gasteiger partial charge in [0.1, 0.15) is 0 Å². The van der Waals surface area contributed by atoms with Gasteiger partial charge in [-0.3, -0.25) is 9.79 Å². The van der Waals surface area contributed by atoms with Crippen LogP contribution in [0.4, 0.5) is 18.9 Å². The molecule has 0 spiro atoms. The lowest BCUT2D eigenvalue weighted by molar-refractivity contribution is -0.137. The Morgan fingerprint density at radius 2 is 2.00 bits per heavy atom. The van der Waals surface area contributed by atoms with Gasteiger partial charge in [-0.05, 0) is 12.1 Å². The molecule has 1 unspecified atom stereocenters. The monoisotopic (exact) mass is 261 g/mol. The Balaban J connectivity index is 2.65. The molecule has 1 heterocycles. The van der Waals surface area contributed by atoms with E-state index in [1.807, 2.05) is 0 Å². The summed E-state index contributed by atoms with van der Waals surface area (Å²) in [7, 11) is 0. The molecule has 0 fully saturated rings. The summed E-state index contributed by atoms with van der Waals surface area (Å²) in [5.74, 6) is -0.707. The van der Waals surface area contributed by atoms with Crippen LogP contribution in [0.5, 0.6) is 0 Å². The third-order valence-corrected chi connectivity index (χ3v) is 2.91. The lowest BCUT2D eigenvalue weighted by atomic mass is 9.95. The van der Waals surface area contributed by atoms with Crippen LogP contribution in [0.25, 0.3) is 0 Å². The second-order valence-electron chi connectivity index (χ2n) is 3.75. The Labute approximate surface area is 100 Å². The summed E-state index contributed by atoms with van der Waals surface area (Å²) in [5.41, 5.74) is -0.931. The number of ketones is 1. The summed E-state index contributed by atoms with van der Waals surface area (Å²) in [6.45, 7) is 1.63.